The number of anilines is 1. The normalized spacial score (nSPS) is 15.2. The van der Waals surface area contributed by atoms with Crippen molar-refractivity contribution in [3.8, 4) is 0 Å². The van der Waals surface area contributed by atoms with E-state index in [1.54, 1.807) is 35.0 Å². The number of hydrogen-bond donors (Lipinski definition) is 1. The number of thioether (sulfide) groups is 1. The van der Waals surface area contributed by atoms with Crippen molar-refractivity contribution >= 4 is 35.3 Å². The summed E-state index contributed by atoms with van der Waals surface area (Å²) in [5.74, 6) is 0.240. The van der Waals surface area contributed by atoms with E-state index in [9.17, 15) is 9.18 Å². The Morgan fingerprint density at radius 2 is 2.00 bits per heavy atom. The number of hydrogen-bond acceptors (Lipinski definition) is 6. The highest BCUT2D eigenvalue weighted by Gasteiger charge is 2.35. The molecule has 0 saturated carbocycles. The van der Waals surface area contributed by atoms with E-state index < -0.39 is 12.0 Å². The first-order valence-electron chi connectivity index (χ1n) is 10.7. The Morgan fingerprint density at radius 3 is 2.73 bits per heavy atom. The Balaban J connectivity index is 1.66. The van der Waals surface area contributed by atoms with Crippen LogP contribution in [-0.4, -0.2) is 27.3 Å². The molecule has 0 saturated heterocycles. The lowest BCUT2D eigenvalue weighted by atomic mass is 9.96. The number of halogens is 2. The Morgan fingerprint density at radius 1 is 1.24 bits per heavy atom. The molecule has 4 rings (SSSR count). The van der Waals surface area contributed by atoms with Crippen molar-refractivity contribution in [3.63, 3.8) is 0 Å². The molecule has 9 heteroatoms. The lowest BCUT2D eigenvalue weighted by Crippen LogP contribution is -2.29. The first kappa shape index (κ1) is 23.3. The fourth-order valence-electron chi connectivity index (χ4n) is 3.55. The molecule has 3 aromatic rings. The number of allylic oxidation sites excluding steroid dienone is 1. The van der Waals surface area contributed by atoms with Crippen LogP contribution in [0.1, 0.15) is 43.9 Å². The molecule has 172 valence electrons. The molecular weight excluding hydrogens is 463 g/mol. The molecule has 1 aliphatic rings. The molecule has 33 heavy (non-hydrogen) atoms. The summed E-state index contributed by atoms with van der Waals surface area (Å²) in [7, 11) is 0. The van der Waals surface area contributed by atoms with Crippen LogP contribution in [0.2, 0.25) is 5.02 Å². The Kier molecular flexibility index (Phi) is 7.35. The molecule has 0 aliphatic carbocycles. The minimum atomic E-state index is -0.525. The number of carbonyl (C=O) groups is 1. The number of fused-ring (bicyclic) bond motifs is 1. The van der Waals surface area contributed by atoms with E-state index in [2.05, 4.69) is 15.4 Å². The van der Waals surface area contributed by atoms with Gasteiger partial charge >= 0.3 is 5.97 Å². The van der Waals surface area contributed by atoms with E-state index in [4.69, 9.17) is 16.3 Å². The average molecular weight is 487 g/mol. The van der Waals surface area contributed by atoms with Gasteiger partial charge in [0.1, 0.15) is 11.9 Å². The second-order valence-electron chi connectivity index (χ2n) is 7.65. The van der Waals surface area contributed by atoms with E-state index in [1.165, 1.54) is 17.8 Å². The van der Waals surface area contributed by atoms with Gasteiger partial charge in [-0.05, 0) is 42.7 Å². The fraction of sp³-hybridized carbons (Fsp3) is 0.292. The molecule has 0 spiro atoms. The van der Waals surface area contributed by atoms with Crippen LogP contribution in [0.25, 0.3) is 0 Å². The molecule has 0 amide bonds. The lowest BCUT2D eigenvalue weighted by molar-refractivity contribution is -0.139. The van der Waals surface area contributed by atoms with Crippen LogP contribution in [0.3, 0.4) is 0 Å². The molecule has 0 fully saturated rings. The summed E-state index contributed by atoms with van der Waals surface area (Å²) in [5, 5.41) is 8.90. The molecule has 0 radical (unpaired) electrons. The smallest absolute Gasteiger partial charge is 0.338 e. The highest BCUT2D eigenvalue weighted by atomic mass is 35.5. The van der Waals surface area contributed by atoms with Gasteiger partial charge in [-0.25, -0.2) is 13.9 Å². The zero-order chi connectivity index (χ0) is 23.4. The average Bonchev–Trinajstić information content (AvgIpc) is 3.20. The molecule has 2 heterocycles. The van der Waals surface area contributed by atoms with Gasteiger partial charge in [-0.15, -0.1) is 5.10 Å². The number of nitrogens with one attached hydrogen (secondary N) is 1. The summed E-state index contributed by atoms with van der Waals surface area (Å²) in [4.78, 5) is 17.6. The number of nitrogens with zero attached hydrogens (tertiary/aromatic N) is 3. The summed E-state index contributed by atoms with van der Waals surface area (Å²) in [5.41, 5.74) is 2.53. The third-order valence-electron chi connectivity index (χ3n) is 5.28. The van der Waals surface area contributed by atoms with Crippen LogP contribution < -0.4 is 5.32 Å². The highest BCUT2D eigenvalue weighted by Crippen LogP contribution is 2.37. The van der Waals surface area contributed by atoms with Gasteiger partial charge in [-0.1, -0.05) is 67.0 Å². The number of carbonyl (C=O) groups excluding carboxylic acids is 1. The second-order valence-corrected chi connectivity index (χ2v) is 9.03. The third kappa shape index (κ3) is 5.23. The number of aromatic nitrogens is 3. The lowest BCUT2D eigenvalue weighted by Gasteiger charge is -2.28. The largest absolute Gasteiger partial charge is 0.462 e. The number of ether oxygens (including phenoxy) is 1. The predicted octanol–water partition coefficient (Wildman–Crippen LogP) is 6.00. The van der Waals surface area contributed by atoms with Gasteiger partial charge in [0.2, 0.25) is 11.1 Å². The van der Waals surface area contributed by atoms with E-state index in [-0.39, 0.29) is 5.82 Å². The third-order valence-corrected chi connectivity index (χ3v) is 6.42. The van der Waals surface area contributed by atoms with Gasteiger partial charge in [0.05, 0.1) is 12.2 Å². The minimum Gasteiger partial charge on any atom is -0.462 e. The van der Waals surface area contributed by atoms with Crippen LogP contribution >= 0.6 is 23.4 Å². The van der Waals surface area contributed by atoms with Gasteiger partial charge in [0, 0.05) is 16.5 Å². The predicted molar refractivity (Wildman–Crippen MR) is 128 cm³/mol. The van der Waals surface area contributed by atoms with E-state index in [0.717, 1.165) is 18.4 Å². The molecule has 1 unspecified atom stereocenters. The summed E-state index contributed by atoms with van der Waals surface area (Å²) in [6, 6.07) is 13.4. The Hall–Kier alpha value is -2.84. The summed E-state index contributed by atoms with van der Waals surface area (Å²) in [6.45, 7) is 4.22. The SMILES string of the molecule is CCCCOC(=O)C1=C(C)Nc2nc(SCc3ccccc3F)nn2C1c1ccc(Cl)cc1. The van der Waals surface area contributed by atoms with Crippen molar-refractivity contribution in [3.05, 3.63) is 81.8 Å². The maximum Gasteiger partial charge on any atom is 0.338 e. The van der Waals surface area contributed by atoms with Gasteiger partial charge in [-0.3, -0.25) is 0 Å². The molecule has 1 N–H and O–H groups in total. The Labute approximate surface area is 201 Å². The molecule has 1 aromatic heterocycles. The van der Waals surface area contributed by atoms with Crippen molar-refractivity contribution in [1.29, 1.82) is 0 Å². The molecular formula is C24H24ClFN4O2S. The highest BCUT2D eigenvalue weighted by molar-refractivity contribution is 7.98. The van der Waals surface area contributed by atoms with Crippen LogP contribution in [0.5, 0.6) is 0 Å². The van der Waals surface area contributed by atoms with Gasteiger partial charge < -0.3 is 10.1 Å². The van der Waals surface area contributed by atoms with Crippen molar-refractivity contribution in [2.24, 2.45) is 0 Å². The van der Waals surface area contributed by atoms with Gasteiger partial charge in [-0.2, -0.15) is 4.98 Å². The minimum absolute atomic E-state index is 0.263. The van der Waals surface area contributed by atoms with E-state index in [0.29, 0.717) is 45.3 Å². The van der Waals surface area contributed by atoms with Crippen molar-refractivity contribution in [2.45, 2.75) is 43.6 Å². The fourth-order valence-corrected chi connectivity index (χ4v) is 4.50. The number of benzene rings is 2. The quantitative estimate of drug-likeness (QED) is 0.239. The molecule has 2 aromatic carbocycles. The standard InChI is InChI=1S/C24H24ClFN4O2S/c1-3-4-13-32-22(31)20-15(2)27-23-28-24(33-14-17-7-5-6-8-19(17)26)29-30(23)21(20)16-9-11-18(25)12-10-16/h5-12,21H,3-4,13-14H2,1-2H3,(H,27,28,29). The first-order valence-corrected chi connectivity index (χ1v) is 12.1. The summed E-state index contributed by atoms with van der Waals surface area (Å²) in [6.07, 6.45) is 1.72. The van der Waals surface area contributed by atoms with Gasteiger partial charge in [0.25, 0.3) is 0 Å². The Bertz CT molecular complexity index is 1180. The number of rotatable bonds is 8. The second kappa shape index (κ2) is 10.4. The van der Waals surface area contributed by atoms with Gasteiger partial charge in [0.15, 0.2) is 0 Å². The van der Waals surface area contributed by atoms with E-state index in [1.807, 2.05) is 26.0 Å². The van der Waals surface area contributed by atoms with Crippen LogP contribution in [0, 0.1) is 5.82 Å². The zero-order valence-electron chi connectivity index (χ0n) is 18.3. The maximum atomic E-state index is 14.0. The monoisotopic (exact) mass is 486 g/mol. The van der Waals surface area contributed by atoms with E-state index >= 15 is 0 Å². The van der Waals surface area contributed by atoms with Crippen molar-refractivity contribution in [2.75, 3.05) is 11.9 Å². The maximum absolute atomic E-state index is 14.0. The molecule has 1 aliphatic heterocycles. The van der Waals surface area contributed by atoms with Crippen LogP contribution in [0.15, 0.2) is 65.0 Å². The first-order chi connectivity index (χ1) is 16.0. The number of unbranched alkanes of at least 4 members (excludes halogenated alkanes) is 1. The van der Waals surface area contributed by atoms with Crippen molar-refractivity contribution < 1.29 is 13.9 Å². The summed E-state index contributed by atoms with van der Waals surface area (Å²) >= 11 is 7.42. The summed E-state index contributed by atoms with van der Waals surface area (Å²) < 4.78 is 21.2. The molecule has 6 nitrogen and oxygen atoms in total. The molecule has 1 atom stereocenters. The van der Waals surface area contributed by atoms with Crippen LogP contribution in [-0.2, 0) is 15.3 Å². The van der Waals surface area contributed by atoms with Crippen molar-refractivity contribution in [1.82, 2.24) is 14.8 Å². The molecule has 0 bridgehead atoms. The van der Waals surface area contributed by atoms with Crippen LogP contribution in [0.4, 0.5) is 10.3 Å². The zero-order valence-corrected chi connectivity index (χ0v) is 19.9. The topological polar surface area (TPSA) is 69.0 Å². The number of esters is 1.